The van der Waals surface area contributed by atoms with Gasteiger partial charge in [0, 0.05) is 18.7 Å². The van der Waals surface area contributed by atoms with E-state index in [1.807, 2.05) is 31.2 Å². The number of nitrogens with one attached hydrogen (secondary N) is 1. The summed E-state index contributed by atoms with van der Waals surface area (Å²) in [5.41, 5.74) is 1.87. The minimum atomic E-state index is -4.37. The van der Waals surface area contributed by atoms with E-state index >= 15 is 0 Å². The monoisotopic (exact) mass is 625 g/mol. The number of methoxy groups -OCH3 is 2. The van der Waals surface area contributed by atoms with Crippen LogP contribution in [-0.2, 0) is 26.2 Å². The van der Waals surface area contributed by atoms with Gasteiger partial charge in [0.2, 0.25) is 11.8 Å². The van der Waals surface area contributed by atoms with Gasteiger partial charge in [0.25, 0.3) is 10.0 Å². The lowest BCUT2D eigenvalue weighted by Gasteiger charge is -2.33. The van der Waals surface area contributed by atoms with Crippen LogP contribution in [0.25, 0.3) is 0 Å². The van der Waals surface area contributed by atoms with Crippen LogP contribution in [0.5, 0.6) is 11.5 Å². The van der Waals surface area contributed by atoms with Gasteiger partial charge in [0.1, 0.15) is 18.4 Å². The average Bonchev–Trinajstić information content (AvgIpc) is 3.02. The first kappa shape index (κ1) is 32.8. The predicted molar refractivity (Wildman–Crippen MR) is 167 cm³/mol. The minimum Gasteiger partial charge on any atom is -0.493 e. The number of ether oxygens (including phenoxy) is 2. The van der Waals surface area contributed by atoms with E-state index < -0.39 is 34.3 Å². The second kappa shape index (κ2) is 14.6. The molecule has 1 saturated carbocycles. The summed E-state index contributed by atoms with van der Waals surface area (Å²) in [4.78, 5) is 28.8. The number of sulfonamides is 1. The second-order valence-electron chi connectivity index (χ2n) is 11.0. The Bertz CT molecular complexity index is 1560. The van der Waals surface area contributed by atoms with Crippen LogP contribution >= 0.6 is 0 Å². The van der Waals surface area contributed by atoms with Crippen LogP contribution in [0.4, 0.5) is 10.1 Å². The Morgan fingerprint density at radius 3 is 2.27 bits per heavy atom. The lowest BCUT2D eigenvalue weighted by atomic mass is 9.95. The van der Waals surface area contributed by atoms with E-state index in [0.29, 0.717) is 5.75 Å². The van der Waals surface area contributed by atoms with Gasteiger partial charge in [-0.1, -0.05) is 49.1 Å². The zero-order valence-electron chi connectivity index (χ0n) is 25.6. The molecule has 1 aliphatic rings. The quantitative estimate of drug-likeness (QED) is 0.296. The van der Waals surface area contributed by atoms with Gasteiger partial charge in [-0.05, 0) is 68.7 Å². The molecule has 0 spiro atoms. The number of hydrogen-bond acceptors (Lipinski definition) is 6. The zero-order valence-corrected chi connectivity index (χ0v) is 26.4. The third-order valence-corrected chi connectivity index (χ3v) is 9.66. The highest BCUT2D eigenvalue weighted by Crippen LogP contribution is 2.32. The normalized spacial score (nSPS) is 14.4. The predicted octanol–water partition coefficient (Wildman–Crippen LogP) is 5.21. The SMILES string of the molecule is COc1ccc(S(=O)(=O)N(CC(=O)N(Cc2cccc(C)c2)[C@H](C)C(=O)NC2CCCCC2)c2ccc(F)cc2)cc1OC. The summed E-state index contributed by atoms with van der Waals surface area (Å²) >= 11 is 0. The Morgan fingerprint density at radius 2 is 1.64 bits per heavy atom. The molecule has 0 heterocycles. The molecular weight excluding hydrogens is 585 g/mol. The standard InChI is InChI=1S/C33H40FN3O6S/c1-23-9-8-10-25(19-23)21-36(24(2)33(39)35-27-11-6-5-7-12-27)32(38)22-37(28-15-13-26(34)14-16-28)44(40,41)29-17-18-30(42-3)31(20-29)43-4/h8-10,13-20,24,27H,5-7,11-12,21-22H2,1-4H3,(H,35,39)/t24-/m1/s1. The van der Waals surface area contributed by atoms with Crippen LogP contribution in [0.2, 0.25) is 0 Å². The van der Waals surface area contributed by atoms with Gasteiger partial charge < -0.3 is 19.7 Å². The molecule has 44 heavy (non-hydrogen) atoms. The molecular formula is C33H40FN3O6S. The Kier molecular flexibility index (Phi) is 10.9. The number of benzene rings is 3. The van der Waals surface area contributed by atoms with Gasteiger partial charge in [-0.25, -0.2) is 12.8 Å². The number of rotatable bonds is 12. The lowest BCUT2D eigenvalue weighted by Crippen LogP contribution is -2.53. The molecule has 4 rings (SSSR count). The molecule has 0 radical (unpaired) electrons. The highest BCUT2D eigenvalue weighted by Gasteiger charge is 2.33. The van der Waals surface area contributed by atoms with Crippen LogP contribution in [0.15, 0.2) is 71.6 Å². The summed E-state index contributed by atoms with van der Waals surface area (Å²) in [7, 11) is -1.55. The molecule has 236 valence electrons. The highest BCUT2D eigenvalue weighted by atomic mass is 32.2. The van der Waals surface area contributed by atoms with Gasteiger partial charge in [-0.3, -0.25) is 13.9 Å². The first-order valence-electron chi connectivity index (χ1n) is 14.7. The van der Waals surface area contributed by atoms with Crippen LogP contribution in [0.1, 0.15) is 50.2 Å². The Hall–Kier alpha value is -4.12. The number of nitrogens with zero attached hydrogens (tertiary/aromatic N) is 2. The molecule has 0 aromatic heterocycles. The fourth-order valence-electron chi connectivity index (χ4n) is 5.40. The number of aryl methyl sites for hydroxylation is 1. The molecule has 3 aromatic rings. The van der Waals surface area contributed by atoms with Crippen LogP contribution in [-0.4, -0.2) is 58.0 Å². The third kappa shape index (κ3) is 7.88. The zero-order chi connectivity index (χ0) is 31.9. The number of carbonyl (C=O) groups excluding carboxylic acids is 2. The van der Waals surface area contributed by atoms with Gasteiger partial charge in [-0.15, -0.1) is 0 Å². The van der Waals surface area contributed by atoms with Crippen molar-refractivity contribution < 1.29 is 31.9 Å². The van der Waals surface area contributed by atoms with Crippen molar-refractivity contribution >= 4 is 27.5 Å². The Morgan fingerprint density at radius 1 is 0.955 bits per heavy atom. The molecule has 0 saturated heterocycles. The summed E-state index contributed by atoms with van der Waals surface area (Å²) in [5, 5.41) is 3.09. The molecule has 0 aliphatic heterocycles. The van der Waals surface area contributed by atoms with Crippen molar-refractivity contribution in [3.05, 3.63) is 83.7 Å². The molecule has 0 bridgehead atoms. The maximum absolute atomic E-state index is 14.1. The summed E-state index contributed by atoms with van der Waals surface area (Å²) in [6, 6.07) is 15.7. The van der Waals surface area contributed by atoms with Crippen LogP contribution in [0, 0.1) is 12.7 Å². The Labute approximate surface area is 259 Å². The van der Waals surface area contributed by atoms with Gasteiger partial charge in [-0.2, -0.15) is 0 Å². The lowest BCUT2D eigenvalue weighted by molar-refractivity contribution is -0.139. The minimum absolute atomic E-state index is 0.0377. The summed E-state index contributed by atoms with van der Waals surface area (Å²) in [5.74, 6) is -0.927. The van der Waals surface area contributed by atoms with E-state index in [0.717, 1.165) is 59.7 Å². The molecule has 1 fully saturated rings. The number of anilines is 1. The van der Waals surface area contributed by atoms with Crippen LogP contribution < -0.4 is 19.1 Å². The van der Waals surface area contributed by atoms with E-state index in [4.69, 9.17) is 9.47 Å². The number of carbonyl (C=O) groups is 2. The fraction of sp³-hybridized carbons (Fsp3) is 0.394. The van der Waals surface area contributed by atoms with E-state index in [1.54, 1.807) is 6.92 Å². The topological polar surface area (TPSA) is 105 Å². The molecule has 11 heteroatoms. The van der Waals surface area contributed by atoms with Crippen molar-refractivity contribution in [2.24, 2.45) is 0 Å². The van der Waals surface area contributed by atoms with E-state index in [2.05, 4.69) is 5.32 Å². The fourth-order valence-corrected chi connectivity index (χ4v) is 6.83. The highest BCUT2D eigenvalue weighted by molar-refractivity contribution is 7.92. The van der Waals surface area contributed by atoms with Crippen LogP contribution in [0.3, 0.4) is 0 Å². The van der Waals surface area contributed by atoms with E-state index in [1.165, 1.54) is 49.5 Å². The van der Waals surface area contributed by atoms with Gasteiger partial charge in [0.05, 0.1) is 24.8 Å². The van der Waals surface area contributed by atoms with Crippen molar-refractivity contribution in [3.63, 3.8) is 0 Å². The summed E-state index contributed by atoms with van der Waals surface area (Å²) < 4.78 is 53.6. The largest absolute Gasteiger partial charge is 0.493 e. The number of halogens is 1. The van der Waals surface area contributed by atoms with Gasteiger partial charge in [0.15, 0.2) is 11.5 Å². The van der Waals surface area contributed by atoms with Crippen molar-refractivity contribution in [2.75, 3.05) is 25.1 Å². The average molecular weight is 626 g/mol. The molecule has 2 amide bonds. The molecule has 1 N–H and O–H groups in total. The van der Waals surface area contributed by atoms with Crippen molar-refractivity contribution in [2.45, 2.75) is 69.5 Å². The van der Waals surface area contributed by atoms with Crippen molar-refractivity contribution in [3.8, 4) is 11.5 Å². The smallest absolute Gasteiger partial charge is 0.264 e. The van der Waals surface area contributed by atoms with E-state index in [-0.39, 0.29) is 34.8 Å². The molecule has 1 aliphatic carbocycles. The Balaban J connectivity index is 1.70. The number of hydrogen-bond donors (Lipinski definition) is 1. The second-order valence-corrected chi connectivity index (χ2v) is 12.9. The summed E-state index contributed by atoms with van der Waals surface area (Å²) in [6.45, 7) is 3.04. The van der Waals surface area contributed by atoms with E-state index in [9.17, 15) is 22.4 Å². The molecule has 3 aromatic carbocycles. The molecule has 0 unspecified atom stereocenters. The maximum atomic E-state index is 14.1. The number of amides is 2. The molecule has 1 atom stereocenters. The maximum Gasteiger partial charge on any atom is 0.264 e. The first-order valence-corrected chi connectivity index (χ1v) is 16.1. The first-order chi connectivity index (χ1) is 21.0. The summed E-state index contributed by atoms with van der Waals surface area (Å²) in [6.07, 6.45) is 4.96. The van der Waals surface area contributed by atoms with Gasteiger partial charge >= 0.3 is 0 Å². The van der Waals surface area contributed by atoms with Crippen molar-refractivity contribution in [1.82, 2.24) is 10.2 Å². The van der Waals surface area contributed by atoms with Crippen molar-refractivity contribution in [1.29, 1.82) is 0 Å². The molecule has 9 nitrogen and oxygen atoms in total. The third-order valence-electron chi connectivity index (χ3n) is 7.89.